The molecule has 4 rings (SSSR count). The van der Waals surface area contributed by atoms with Crippen molar-refractivity contribution in [3.05, 3.63) is 58.4 Å². The molecule has 2 aromatic carbocycles. The standard InChI is InChI=1S/C18H15NO3/c1-18(2)10-21-14-9-15-13(8-12(14)18)19-16(17(20)22-15)11-6-4-3-5-7-11/h3-9H,10H2,1-2H3. The van der Waals surface area contributed by atoms with Crippen LogP contribution in [0.15, 0.2) is 51.7 Å². The van der Waals surface area contributed by atoms with E-state index in [1.807, 2.05) is 36.4 Å². The van der Waals surface area contributed by atoms with E-state index in [4.69, 9.17) is 9.15 Å². The highest BCUT2D eigenvalue weighted by Crippen LogP contribution is 2.40. The number of hydrogen-bond acceptors (Lipinski definition) is 4. The summed E-state index contributed by atoms with van der Waals surface area (Å²) in [5.41, 5.74) is 2.83. The molecule has 2 heterocycles. The van der Waals surface area contributed by atoms with Gasteiger partial charge in [-0.15, -0.1) is 0 Å². The van der Waals surface area contributed by atoms with Gasteiger partial charge in [-0.05, 0) is 6.07 Å². The first-order valence-electron chi connectivity index (χ1n) is 7.22. The molecule has 0 amide bonds. The summed E-state index contributed by atoms with van der Waals surface area (Å²) in [6.45, 7) is 4.87. The maximum atomic E-state index is 12.2. The first kappa shape index (κ1) is 13.1. The van der Waals surface area contributed by atoms with Crippen LogP contribution in [0.4, 0.5) is 0 Å². The molecule has 0 bridgehead atoms. The summed E-state index contributed by atoms with van der Waals surface area (Å²) in [6, 6.07) is 13.1. The molecule has 0 saturated carbocycles. The Bertz CT molecular complexity index is 926. The average molecular weight is 293 g/mol. The fraction of sp³-hybridized carbons (Fsp3) is 0.222. The lowest BCUT2D eigenvalue weighted by Gasteiger charge is -2.15. The number of fused-ring (bicyclic) bond motifs is 2. The summed E-state index contributed by atoms with van der Waals surface area (Å²) < 4.78 is 11.1. The second-order valence-electron chi connectivity index (χ2n) is 6.20. The molecule has 4 nitrogen and oxygen atoms in total. The van der Waals surface area contributed by atoms with Crippen LogP contribution < -0.4 is 10.4 Å². The molecular formula is C18H15NO3. The van der Waals surface area contributed by atoms with E-state index in [-0.39, 0.29) is 5.41 Å². The summed E-state index contributed by atoms with van der Waals surface area (Å²) in [5, 5.41) is 0. The van der Waals surface area contributed by atoms with Gasteiger partial charge >= 0.3 is 5.63 Å². The van der Waals surface area contributed by atoms with Crippen LogP contribution in [0.2, 0.25) is 0 Å². The maximum Gasteiger partial charge on any atom is 0.363 e. The van der Waals surface area contributed by atoms with Crippen molar-refractivity contribution in [2.45, 2.75) is 19.3 Å². The lowest BCUT2D eigenvalue weighted by molar-refractivity contribution is 0.291. The van der Waals surface area contributed by atoms with Gasteiger partial charge in [-0.3, -0.25) is 0 Å². The Kier molecular flexibility index (Phi) is 2.64. The zero-order chi connectivity index (χ0) is 15.3. The molecule has 22 heavy (non-hydrogen) atoms. The Labute approximate surface area is 127 Å². The van der Waals surface area contributed by atoms with Crippen LogP contribution in [0.5, 0.6) is 5.75 Å². The summed E-state index contributed by atoms with van der Waals surface area (Å²) in [6.07, 6.45) is 0. The van der Waals surface area contributed by atoms with Gasteiger partial charge < -0.3 is 9.15 Å². The second-order valence-corrected chi connectivity index (χ2v) is 6.20. The average Bonchev–Trinajstić information content (AvgIpc) is 2.80. The minimum atomic E-state index is -0.434. The van der Waals surface area contributed by atoms with E-state index >= 15 is 0 Å². The maximum absolute atomic E-state index is 12.2. The SMILES string of the molecule is CC1(C)COc2cc3oc(=O)c(-c4ccccc4)nc3cc21. The van der Waals surface area contributed by atoms with Crippen molar-refractivity contribution in [3.63, 3.8) is 0 Å². The quantitative estimate of drug-likeness (QED) is 0.689. The van der Waals surface area contributed by atoms with Crippen LogP contribution in [-0.4, -0.2) is 11.6 Å². The van der Waals surface area contributed by atoms with Gasteiger partial charge in [0.2, 0.25) is 0 Å². The van der Waals surface area contributed by atoms with Gasteiger partial charge in [0.05, 0.1) is 6.61 Å². The van der Waals surface area contributed by atoms with E-state index in [0.29, 0.717) is 23.4 Å². The Morgan fingerprint density at radius 2 is 1.91 bits per heavy atom. The molecule has 0 aliphatic carbocycles. The first-order chi connectivity index (χ1) is 10.5. The van der Waals surface area contributed by atoms with Gasteiger partial charge in [0.1, 0.15) is 11.3 Å². The largest absolute Gasteiger partial charge is 0.492 e. The Morgan fingerprint density at radius 3 is 2.68 bits per heavy atom. The monoisotopic (exact) mass is 293 g/mol. The number of nitrogens with zero attached hydrogens (tertiary/aromatic N) is 1. The van der Waals surface area contributed by atoms with Crippen molar-refractivity contribution in [3.8, 4) is 17.0 Å². The molecule has 1 aliphatic rings. The van der Waals surface area contributed by atoms with E-state index in [1.165, 1.54) is 0 Å². The van der Waals surface area contributed by atoms with Gasteiger partial charge in [-0.25, -0.2) is 9.78 Å². The number of ether oxygens (including phenoxy) is 1. The Morgan fingerprint density at radius 1 is 1.14 bits per heavy atom. The summed E-state index contributed by atoms with van der Waals surface area (Å²) >= 11 is 0. The second kappa shape index (κ2) is 4.44. The van der Waals surface area contributed by atoms with Crippen molar-refractivity contribution >= 4 is 11.1 Å². The van der Waals surface area contributed by atoms with Gasteiger partial charge in [-0.2, -0.15) is 0 Å². The molecule has 3 aromatic rings. The van der Waals surface area contributed by atoms with Crippen molar-refractivity contribution in [1.82, 2.24) is 4.98 Å². The molecule has 0 fully saturated rings. The molecular weight excluding hydrogens is 278 g/mol. The van der Waals surface area contributed by atoms with Crippen molar-refractivity contribution in [2.75, 3.05) is 6.61 Å². The highest BCUT2D eigenvalue weighted by atomic mass is 16.5. The zero-order valence-electron chi connectivity index (χ0n) is 12.4. The van der Waals surface area contributed by atoms with Gasteiger partial charge in [0, 0.05) is 22.6 Å². The van der Waals surface area contributed by atoms with Crippen LogP contribution >= 0.6 is 0 Å². The fourth-order valence-corrected chi connectivity index (χ4v) is 2.80. The topological polar surface area (TPSA) is 52.3 Å². The third-order valence-corrected chi connectivity index (χ3v) is 4.05. The molecule has 0 saturated heterocycles. The number of hydrogen-bond donors (Lipinski definition) is 0. The van der Waals surface area contributed by atoms with Crippen LogP contribution in [0.1, 0.15) is 19.4 Å². The smallest absolute Gasteiger partial charge is 0.363 e. The minimum absolute atomic E-state index is 0.0613. The molecule has 0 unspecified atom stereocenters. The normalized spacial score (nSPS) is 15.5. The first-order valence-corrected chi connectivity index (χ1v) is 7.22. The Hall–Kier alpha value is -2.62. The summed E-state index contributed by atoms with van der Waals surface area (Å²) in [4.78, 5) is 16.7. The van der Waals surface area contributed by atoms with E-state index < -0.39 is 5.63 Å². The van der Waals surface area contributed by atoms with Crippen molar-refractivity contribution < 1.29 is 9.15 Å². The molecule has 110 valence electrons. The lowest BCUT2D eigenvalue weighted by atomic mass is 9.87. The third-order valence-electron chi connectivity index (χ3n) is 4.05. The molecule has 0 spiro atoms. The molecule has 0 atom stereocenters. The predicted molar refractivity (Wildman–Crippen MR) is 84.2 cm³/mol. The molecule has 0 radical (unpaired) electrons. The molecule has 4 heteroatoms. The van der Waals surface area contributed by atoms with Crippen molar-refractivity contribution in [1.29, 1.82) is 0 Å². The van der Waals surface area contributed by atoms with Gasteiger partial charge in [-0.1, -0.05) is 44.2 Å². The molecule has 0 N–H and O–H groups in total. The zero-order valence-corrected chi connectivity index (χ0v) is 12.4. The van der Waals surface area contributed by atoms with Crippen LogP contribution in [0, 0.1) is 0 Å². The number of rotatable bonds is 1. The lowest BCUT2D eigenvalue weighted by Crippen LogP contribution is -2.18. The van der Waals surface area contributed by atoms with E-state index in [9.17, 15) is 4.79 Å². The fourth-order valence-electron chi connectivity index (χ4n) is 2.80. The van der Waals surface area contributed by atoms with Gasteiger partial charge in [0.15, 0.2) is 11.3 Å². The number of benzene rings is 2. The van der Waals surface area contributed by atoms with Crippen LogP contribution in [0.25, 0.3) is 22.4 Å². The molecule has 1 aromatic heterocycles. The van der Waals surface area contributed by atoms with E-state index in [0.717, 1.165) is 16.9 Å². The van der Waals surface area contributed by atoms with E-state index in [1.54, 1.807) is 6.07 Å². The Balaban J connectivity index is 1.98. The van der Waals surface area contributed by atoms with E-state index in [2.05, 4.69) is 18.8 Å². The minimum Gasteiger partial charge on any atom is -0.492 e. The van der Waals surface area contributed by atoms with Gasteiger partial charge in [0.25, 0.3) is 0 Å². The highest BCUT2D eigenvalue weighted by Gasteiger charge is 2.32. The van der Waals surface area contributed by atoms with Crippen LogP contribution in [-0.2, 0) is 5.41 Å². The van der Waals surface area contributed by atoms with Crippen LogP contribution in [0.3, 0.4) is 0 Å². The third kappa shape index (κ3) is 1.91. The summed E-state index contributed by atoms with van der Waals surface area (Å²) in [7, 11) is 0. The molecule has 1 aliphatic heterocycles. The highest BCUT2D eigenvalue weighted by molar-refractivity contribution is 5.78. The predicted octanol–water partition coefficient (Wildman–Crippen LogP) is 3.53. The van der Waals surface area contributed by atoms with Crippen molar-refractivity contribution in [2.24, 2.45) is 0 Å². The number of aromatic nitrogens is 1. The summed E-state index contributed by atoms with van der Waals surface area (Å²) in [5.74, 6) is 0.773.